The molecule has 0 N–H and O–H groups in total. The minimum Gasteiger partial charge on any atom is -0.461 e. The van der Waals surface area contributed by atoms with E-state index in [1.54, 1.807) is 12.3 Å². The number of carbonyl (C=O) groups excluding carboxylic acids is 3. The summed E-state index contributed by atoms with van der Waals surface area (Å²) in [7, 11) is -2.68. The fourth-order valence-corrected chi connectivity index (χ4v) is 3.98. The van der Waals surface area contributed by atoms with Gasteiger partial charge in [0.2, 0.25) is 15.0 Å². The minimum absolute atomic E-state index is 0.0450. The SMILES string of the molecule is CCOC(=O)c1nc(COC(=O)CN(C)S(=O)(=O)c2ccc(C(C)=O)cc2)cs1. The molecule has 0 spiro atoms. The number of Topliss-reactive ketones (excluding diaryl/α,β-unsaturated/α-hetero) is 1. The molecule has 0 amide bonds. The van der Waals surface area contributed by atoms with Gasteiger partial charge in [0, 0.05) is 18.0 Å². The average molecular weight is 440 g/mol. The second-order valence-electron chi connectivity index (χ2n) is 5.87. The second kappa shape index (κ2) is 9.72. The molecule has 0 saturated carbocycles. The van der Waals surface area contributed by atoms with Gasteiger partial charge >= 0.3 is 11.9 Å². The number of rotatable bonds is 9. The quantitative estimate of drug-likeness (QED) is 0.428. The molecular weight excluding hydrogens is 420 g/mol. The van der Waals surface area contributed by atoms with Gasteiger partial charge in [0.05, 0.1) is 17.2 Å². The lowest BCUT2D eigenvalue weighted by Gasteiger charge is -2.16. The van der Waals surface area contributed by atoms with Crippen molar-refractivity contribution >= 4 is 39.1 Å². The number of ether oxygens (including phenoxy) is 2. The van der Waals surface area contributed by atoms with Crippen molar-refractivity contribution in [2.75, 3.05) is 20.2 Å². The van der Waals surface area contributed by atoms with Crippen LogP contribution in [-0.4, -0.2) is 55.6 Å². The molecule has 0 aliphatic rings. The predicted molar refractivity (Wildman–Crippen MR) is 104 cm³/mol. The average Bonchev–Trinajstić information content (AvgIpc) is 3.16. The molecule has 0 aliphatic heterocycles. The van der Waals surface area contributed by atoms with Crippen LogP contribution in [0.2, 0.25) is 0 Å². The molecule has 2 aromatic rings. The van der Waals surface area contributed by atoms with Crippen LogP contribution >= 0.6 is 11.3 Å². The summed E-state index contributed by atoms with van der Waals surface area (Å²) in [6.07, 6.45) is 0. The number of hydrogen-bond acceptors (Lipinski definition) is 9. The summed E-state index contributed by atoms with van der Waals surface area (Å²) in [4.78, 5) is 38.8. The third-order valence-corrected chi connectivity index (χ3v) is 6.39. The summed E-state index contributed by atoms with van der Waals surface area (Å²) >= 11 is 1.06. The molecule has 0 unspecified atom stereocenters. The number of aromatic nitrogens is 1. The molecule has 29 heavy (non-hydrogen) atoms. The van der Waals surface area contributed by atoms with Crippen molar-refractivity contribution in [1.29, 1.82) is 0 Å². The van der Waals surface area contributed by atoms with Gasteiger partial charge < -0.3 is 9.47 Å². The summed E-state index contributed by atoms with van der Waals surface area (Å²) in [5.41, 5.74) is 0.744. The highest BCUT2D eigenvalue weighted by Crippen LogP contribution is 2.16. The zero-order valence-electron chi connectivity index (χ0n) is 16.1. The predicted octanol–water partition coefficient (Wildman–Crippen LogP) is 1.89. The van der Waals surface area contributed by atoms with Gasteiger partial charge in [-0.25, -0.2) is 18.2 Å². The molecule has 11 heteroatoms. The maximum Gasteiger partial charge on any atom is 0.367 e. The van der Waals surface area contributed by atoms with Gasteiger partial charge in [-0.3, -0.25) is 9.59 Å². The van der Waals surface area contributed by atoms with Gasteiger partial charge in [-0.1, -0.05) is 12.1 Å². The maximum atomic E-state index is 12.5. The summed E-state index contributed by atoms with van der Waals surface area (Å²) in [5.74, 6) is -1.52. The van der Waals surface area contributed by atoms with Crippen LogP contribution in [0.4, 0.5) is 0 Å². The van der Waals surface area contributed by atoms with Gasteiger partial charge in [0.1, 0.15) is 13.2 Å². The number of esters is 2. The van der Waals surface area contributed by atoms with Crippen molar-refractivity contribution in [3.63, 3.8) is 0 Å². The molecular formula is C18H20N2O7S2. The largest absolute Gasteiger partial charge is 0.461 e. The molecule has 0 fully saturated rings. The number of thiazole rings is 1. The van der Waals surface area contributed by atoms with Crippen LogP contribution in [-0.2, 0) is 30.9 Å². The zero-order chi connectivity index (χ0) is 21.6. The van der Waals surface area contributed by atoms with Gasteiger partial charge in [-0.15, -0.1) is 11.3 Å². The van der Waals surface area contributed by atoms with E-state index in [4.69, 9.17) is 9.47 Å². The molecule has 0 atom stereocenters. The molecule has 0 saturated heterocycles. The van der Waals surface area contributed by atoms with Gasteiger partial charge in [-0.05, 0) is 26.0 Å². The fourth-order valence-electron chi connectivity index (χ4n) is 2.17. The Hall–Kier alpha value is -2.63. The van der Waals surface area contributed by atoms with E-state index < -0.39 is 28.5 Å². The van der Waals surface area contributed by atoms with Gasteiger partial charge in [0.25, 0.3) is 0 Å². The van der Waals surface area contributed by atoms with E-state index in [9.17, 15) is 22.8 Å². The van der Waals surface area contributed by atoms with Crippen LogP contribution in [0.3, 0.4) is 0 Å². The molecule has 2 rings (SSSR count). The number of carbonyl (C=O) groups is 3. The lowest BCUT2D eigenvalue weighted by Crippen LogP contribution is -2.33. The fraction of sp³-hybridized carbons (Fsp3) is 0.333. The first-order valence-electron chi connectivity index (χ1n) is 8.49. The Morgan fingerprint density at radius 2 is 1.79 bits per heavy atom. The summed E-state index contributed by atoms with van der Waals surface area (Å²) < 4.78 is 35.8. The number of sulfonamides is 1. The first kappa shape index (κ1) is 22.7. The number of nitrogens with zero attached hydrogens (tertiary/aromatic N) is 2. The van der Waals surface area contributed by atoms with Gasteiger partial charge in [0.15, 0.2) is 5.78 Å². The second-order valence-corrected chi connectivity index (χ2v) is 8.77. The highest BCUT2D eigenvalue weighted by molar-refractivity contribution is 7.89. The van der Waals surface area contributed by atoms with Crippen LogP contribution in [0, 0.1) is 0 Å². The summed E-state index contributed by atoms with van der Waals surface area (Å²) in [6, 6.07) is 5.43. The standard InChI is InChI=1S/C18H20N2O7S2/c1-4-26-18(23)17-19-14(11-28-17)10-27-16(22)9-20(3)29(24,25)15-7-5-13(6-8-15)12(2)21/h5-8,11H,4,9-10H2,1-3H3. The first-order valence-corrected chi connectivity index (χ1v) is 10.8. The zero-order valence-corrected chi connectivity index (χ0v) is 17.7. The van der Waals surface area contributed by atoms with E-state index in [2.05, 4.69) is 4.98 Å². The Morgan fingerprint density at radius 3 is 2.38 bits per heavy atom. The summed E-state index contributed by atoms with van der Waals surface area (Å²) in [5, 5.41) is 1.70. The van der Waals surface area contributed by atoms with E-state index in [0.717, 1.165) is 15.6 Å². The third kappa shape index (κ3) is 5.92. The van der Waals surface area contributed by atoms with Gasteiger partial charge in [-0.2, -0.15) is 4.31 Å². The van der Waals surface area contributed by atoms with Crippen LogP contribution < -0.4 is 0 Å². The molecule has 0 radical (unpaired) electrons. The Bertz CT molecular complexity index is 997. The van der Waals surface area contributed by atoms with Crippen molar-refractivity contribution in [3.8, 4) is 0 Å². The summed E-state index contributed by atoms with van der Waals surface area (Å²) in [6.45, 7) is 2.57. The number of benzene rings is 1. The van der Waals surface area contributed by atoms with Crippen molar-refractivity contribution in [1.82, 2.24) is 9.29 Å². The smallest absolute Gasteiger partial charge is 0.367 e. The van der Waals surface area contributed by atoms with Crippen molar-refractivity contribution in [2.24, 2.45) is 0 Å². The minimum atomic E-state index is -3.93. The van der Waals surface area contributed by atoms with E-state index >= 15 is 0 Å². The van der Waals surface area contributed by atoms with Crippen LogP contribution in [0.25, 0.3) is 0 Å². The number of hydrogen-bond donors (Lipinski definition) is 0. The topological polar surface area (TPSA) is 120 Å². The molecule has 1 heterocycles. The molecule has 156 valence electrons. The molecule has 1 aromatic carbocycles. The van der Waals surface area contributed by atoms with Crippen LogP contribution in [0.1, 0.15) is 39.7 Å². The lowest BCUT2D eigenvalue weighted by molar-refractivity contribution is -0.145. The third-order valence-electron chi connectivity index (χ3n) is 3.70. The molecule has 0 bridgehead atoms. The Labute approximate surface area is 172 Å². The number of likely N-dealkylation sites (N-methyl/N-ethyl adjacent to an activating group) is 1. The van der Waals surface area contributed by atoms with Crippen LogP contribution in [0.5, 0.6) is 0 Å². The van der Waals surface area contributed by atoms with E-state index in [0.29, 0.717) is 11.3 Å². The van der Waals surface area contributed by atoms with E-state index in [1.165, 1.54) is 38.2 Å². The van der Waals surface area contributed by atoms with Crippen molar-refractivity contribution in [2.45, 2.75) is 25.3 Å². The molecule has 0 aliphatic carbocycles. The maximum absolute atomic E-state index is 12.5. The highest BCUT2D eigenvalue weighted by atomic mass is 32.2. The Balaban J connectivity index is 1.94. The lowest BCUT2D eigenvalue weighted by atomic mass is 10.2. The van der Waals surface area contributed by atoms with E-state index in [1.807, 2.05) is 0 Å². The molecule has 9 nitrogen and oxygen atoms in total. The van der Waals surface area contributed by atoms with Crippen molar-refractivity contribution in [3.05, 3.63) is 45.9 Å². The molecule has 1 aromatic heterocycles. The normalized spacial score (nSPS) is 11.3. The monoisotopic (exact) mass is 440 g/mol. The van der Waals surface area contributed by atoms with Crippen LogP contribution in [0.15, 0.2) is 34.5 Å². The first-order chi connectivity index (χ1) is 13.6. The Kier molecular flexibility index (Phi) is 7.59. The Morgan fingerprint density at radius 1 is 1.14 bits per heavy atom. The number of ketones is 1. The van der Waals surface area contributed by atoms with Crippen molar-refractivity contribution < 1.29 is 32.3 Å². The van der Waals surface area contributed by atoms with E-state index in [-0.39, 0.29) is 28.9 Å². The highest BCUT2D eigenvalue weighted by Gasteiger charge is 2.24.